The lowest BCUT2D eigenvalue weighted by Gasteiger charge is -2.41. The van der Waals surface area contributed by atoms with E-state index < -0.39 is 17.6 Å². The Morgan fingerprint density at radius 2 is 1.37 bits per heavy atom. The predicted molar refractivity (Wildman–Crippen MR) is 127 cm³/mol. The molecule has 2 aromatic carbocycles. The maximum Gasteiger partial charge on any atom is 0.417 e. The summed E-state index contributed by atoms with van der Waals surface area (Å²) >= 11 is 0. The highest BCUT2D eigenvalue weighted by atomic mass is 19.4. The summed E-state index contributed by atoms with van der Waals surface area (Å²) in [5.74, 6) is -0.558. The van der Waals surface area contributed by atoms with Crippen LogP contribution < -0.4 is 0 Å². The van der Waals surface area contributed by atoms with Crippen LogP contribution in [0.1, 0.15) is 28.4 Å². The predicted octanol–water partition coefficient (Wildman–Crippen LogP) is 3.20. The van der Waals surface area contributed by atoms with Crippen molar-refractivity contribution >= 4 is 11.8 Å². The lowest BCUT2D eigenvalue weighted by Crippen LogP contribution is -2.58. The Bertz CT molecular complexity index is 1010. The molecule has 0 spiro atoms. The molecule has 0 aliphatic carbocycles. The Balaban J connectivity index is 1.27. The Morgan fingerprint density at radius 3 is 2.00 bits per heavy atom. The van der Waals surface area contributed by atoms with Crippen molar-refractivity contribution in [2.75, 3.05) is 52.4 Å². The molecule has 0 N–H and O–H groups in total. The quantitative estimate of drug-likeness (QED) is 0.649. The first kappa shape index (κ1) is 25.2. The van der Waals surface area contributed by atoms with Gasteiger partial charge in [0.25, 0.3) is 5.91 Å². The molecule has 2 amide bonds. The third kappa shape index (κ3) is 6.02. The molecule has 0 bridgehead atoms. The summed E-state index contributed by atoms with van der Waals surface area (Å²) < 4.78 is 40.0. The SMILES string of the molecule is CC(C(=O)N1CCN(Cc2ccccc2)CC1)N1CCN(C(=O)c2ccccc2C(F)(F)F)CC1. The first-order chi connectivity index (χ1) is 16.7. The zero-order chi connectivity index (χ0) is 25.0. The summed E-state index contributed by atoms with van der Waals surface area (Å²) in [4.78, 5) is 33.6. The molecule has 2 aliphatic heterocycles. The zero-order valence-corrected chi connectivity index (χ0v) is 19.9. The number of hydrogen-bond acceptors (Lipinski definition) is 4. The number of carbonyl (C=O) groups is 2. The second-order valence-electron chi connectivity index (χ2n) is 9.13. The monoisotopic (exact) mass is 488 g/mol. The maximum absolute atomic E-state index is 13.3. The lowest BCUT2D eigenvalue weighted by atomic mass is 10.1. The highest BCUT2D eigenvalue weighted by Gasteiger charge is 2.37. The fraction of sp³-hybridized carbons (Fsp3) is 0.462. The summed E-state index contributed by atoms with van der Waals surface area (Å²) in [6.07, 6.45) is -4.58. The number of amides is 2. The van der Waals surface area contributed by atoms with E-state index in [-0.39, 0.29) is 30.6 Å². The first-order valence-corrected chi connectivity index (χ1v) is 12.0. The van der Waals surface area contributed by atoms with Crippen molar-refractivity contribution in [1.82, 2.24) is 19.6 Å². The van der Waals surface area contributed by atoms with Crippen molar-refractivity contribution in [1.29, 1.82) is 0 Å². The molecule has 1 atom stereocenters. The van der Waals surface area contributed by atoms with E-state index in [1.807, 2.05) is 34.9 Å². The molecule has 4 rings (SSSR count). The molecule has 2 aliphatic rings. The van der Waals surface area contributed by atoms with Gasteiger partial charge in [0.1, 0.15) is 0 Å². The van der Waals surface area contributed by atoms with Gasteiger partial charge in [-0.15, -0.1) is 0 Å². The largest absolute Gasteiger partial charge is 0.417 e. The van der Waals surface area contributed by atoms with Crippen molar-refractivity contribution in [3.8, 4) is 0 Å². The van der Waals surface area contributed by atoms with Crippen molar-refractivity contribution in [2.24, 2.45) is 0 Å². The van der Waals surface area contributed by atoms with Crippen molar-refractivity contribution < 1.29 is 22.8 Å². The van der Waals surface area contributed by atoms with Gasteiger partial charge >= 0.3 is 6.18 Å². The molecule has 2 aromatic rings. The molecule has 2 saturated heterocycles. The Labute approximate surface area is 203 Å². The van der Waals surface area contributed by atoms with Crippen LogP contribution in [0.3, 0.4) is 0 Å². The number of carbonyl (C=O) groups excluding carboxylic acids is 2. The molecule has 35 heavy (non-hydrogen) atoms. The third-order valence-electron chi connectivity index (χ3n) is 6.90. The first-order valence-electron chi connectivity index (χ1n) is 12.0. The van der Waals surface area contributed by atoms with Crippen LogP contribution in [-0.2, 0) is 17.5 Å². The number of rotatable bonds is 5. The number of nitrogens with zero attached hydrogens (tertiary/aromatic N) is 4. The zero-order valence-electron chi connectivity index (χ0n) is 19.9. The van der Waals surface area contributed by atoms with Gasteiger partial charge in [-0.3, -0.25) is 19.4 Å². The topological polar surface area (TPSA) is 47.1 Å². The fourth-order valence-corrected chi connectivity index (χ4v) is 4.79. The number of alkyl halides is 3. The smallest absolute Gasteiger partial charge is 0.339 e. The van der Waals surface area contributed by atoms with E-state index in [9.17, 15) is 22.8 Å². The molecule has 0 radical (unpaired) electrons. The van der Waals surface area contributed by atoms with Gasteiger partial charge in [-0.2, -0.15) is 13.2 Å². The molecule has 2 fully saturated rings. The number of hydrogen-bond donors (Lipinski definition) is 0. The minimum Gasteiger partial charge on any atom is -0.339 e. The van der Waals surface area contributed by atoms with Gasteiger partial charge in [0, 0.05) is 58.9 Å². The van der Waals surface area contributed by atoms with Crippen LogP contribution in [0.2, 0.25) is 0 Å². The van der Waals surface area contributed by atoms with E-state index in [4.69, 9.17) is 0 Å². The molecular weight excluding hydrogens is 457 g/mol. The fourth-order valence-electron chi connectivity index (χ4n) is 4.79. The normalized spacial score (nSPS) is 19.0. The van der Waals surface area contributed by atoms with Gasteiger partial charge < -0.3 is 9.80 Å². The highest BCUT2D eigenvalue weighted by molar-refractivity contribution is 5.96. The summed E-state index contributed by atoms with van der Waals surface area (Å²) in [5, 5.41) is 0. The van der Waals surface area contributed by atoms with Gasteiger partial charge in [0.15, 0.2) is 0 Å². The molecule has 1 unspecified atom stereocenters. The number of benzene rings is 2. The molecule has 188 valence electrons. The summed E-state index contributed by atoms with van der Waals surface area (Å²) in [7, 11) is 0. The van der Waals surface area contributed by atoms with Crippen LogP contribution in [0.5, 0.6) is 0 Å². The maximum atomic E-state index is 13.3. The van der Waals surface area contributed by atoms with Gasteiger partial charge in [-0.25, -0.2) is 0 Å². The second kappa shape index (κ2) is 10.8. The van der Waals surface area contributed by atoms with Crippen molar-refractivity contribution in [2.45, 2.75) is 25.7 Å². The van der Waals surface area contributed by atoms with Gasteiger partial charge in [0.05, 0.1) is 17.2 Å². The minimum atomic E-state index is -4.58. The molecule has 0 aromatic heterocycles. The molecule has 2 heterocycles. The third-order valence-corrected chi connectivity index (χ3v) is 6.90. The molecular formula is C26H31F3N4O2. The number of halogens is 3. The van der Waals surface area contributed by atoms with Crippen molar-refractivity contribution in [3.05, 3.63) is 71.3 Å². The summed E-state index contributed by atoms with van der Waals surface area (Å²) in [5.41, 5.74) is 0.0132. The average molecular weight is 489 g/mol. The Hall–Kier alpha value is -2.91. The van der Waals surface area contributed by atoms with Crippen LogP contribution >= 0.6 is 0 Å². The van der Waals surface area contributed by atoms with Crippen LogP contribution in [-0.4, -0.2) is 89.8 Å². The van der Waals surface area contributed by atoms with E-state index in [1.165, 1.54) is 28.7 Å². The Morgan fingerprint density at radius 1 is 0.800 bits per heavy atom. The van der Waals surface area contributed by atoms with E-state index in [1.54, 1.807) is 0 Å². The minimum absolute atomic E-state index is 0.0616. The average Bonchev–Trinajstić information content (AvgIpc) is 2.88. The van der Waals surface area contributed by atoms with E-state index in [2.05, 4.69) is 17.0 Å². The number of piperazine rings is 2. The summed E-state index contributed by atoms with van der Waals surface area (Å²) in [6.45, 7) is 7.16. The van der Waals surface area contributed by atoms with E-state index in [0.29, 0.717) is 26.2 Å². The van der Waals surface area contributed by atoms with E-state index in [0.717, 1.165) is 25.7 Å². The highest BCUT2D eigenvalue weighted by Crippen LogP contribution is 2.32. The van der Waals surface area contributed by atoms with E-state index >= 15 is 0 Å². The second-order valence-corrected chi connectivity index (χ2v) is 9.13. The lowest BCUT2D eigenvalue weighted by molar-refractivity contribution is -0.139. The Kier molecular flexibility index (Phi) is 7.76. The summed E-state index contributed by atoms with van der Waals surface area (Å²) in [6, 6.07) is 14.8. The van der Waals surface area contributed by atoms with Crippen LogP contribution in [0.4, 0.5) is 13.2 Å². The van der Waals surface area contributed by atoms with Gasteiger partial charge in [0.2, 0.25) is 5.91 Å². The molecule has 9 heteroatoms. The van der Waals surface area contributed by atoms with Crippen LogP contribution in [0, 0.1) is 0 Å². The van der Waals surface area contributed by atoms with Gasteiger partial charge in [-0.1, -0.05) is 42.5 Å². The standard InChI is InChI=1S/C26H31F3N4O2/c1-20(24(34)32-13-11-30(12-14-32)19-21-7-3-2-4-8-21)31-15-17-33(18-16-31)25(35)22-9-5-6-10-23(22)26(27,28)29/h2-10,20H,11-19H2,1H3. The van der Waals surface area contributed by atoms with Crippen molar-refractivity contribution in [3.63, 3.8) is 0 Å². The van der Waals surface area contributed by atoms with Crippen LogP contribution in [0.15, 0.2) is 54.6 Å². The molecule has 6 nitrogen and oxygen atoms in total. The molecule has 0 saturated carbocycles. The van der Waals surface area contributed by atoms with Crippen LogP contribution in [0.25, 0.3) is 0 Å². The van der Waals surface area contributed by atoms with Gasteiger partial charge in [-0.05, 0) is 24.6 Å².